The SMILES string of the molecule is Nc1nccn2c(C3CCCN(C(=O)C45CC4C5)C3)nc(-c3ccc(C(=O)Nc4cc(C(F)(F)F)ccn4)cc3)c12. The Hall–Kier alpha value is -4.48. The average molecular weight is 562 g/mol. The number of hydrogen-bond donors (Lipinski definition) is 2. The first-order chi connectivity index (χ1) is 19.6. The van der Waals surface area contributed by atoms with E-state index < -0.39 is 17.6 Å². The van der Waals surface area contributed by atoms with Crippen LogP contribution in [0.1, 0.15) is 53.3 Å². The van der Waals surface area contributed by atoms with Crippen LogP contribution in [0, 0.1) is 11.3 Å². The van der Waals surface area contributed by atoms with Crippen molar-refractivity contribution in [2.24, 2.45) is 11.3 Å². The zero-order valence-corrected chi connectivity index (χ0v) is 21.9. The third kappa shape index (κ3) is 4.37. The van der Waals surface area contributed by atoms with Gasteiger partial charge in [0.15, 0.2) is 0 Å². The van der Waals surface area contributed by atoms with Gasteiger partial charge in [0.05, 0.1) is 11.0 Å². The second-order valence-electron chi connectivity index (χ2n) is 11.2. The number of anilines is 2. The highest BCUT2D eigenvalue weighted by molar-refractivity contribution is 6.04. The van der Waals surface area contributed by atoms with Gasteiger partial charge in [-0.25, -0.2) is 15.0 Å². The molecule has 2 saturated carbocycles. The second kappa shape index (κ2) is 9.02. The molecule has 1 saturated heterocycles. The van der Waals surface area contributed by atoms with E-state index in [1.807, 2.05) is 15.5 Å². The standard InChI is InChI=1S/C29H26F3N7O2/c30-29(31,32)19-7-8-34-21(12-19)36-26(40)17-5-3-16(4-6-17)22-23-24(33)35-9-11-39(23)25(37-22)18-2-1-10-38(15-18)27(41)28-13-20(28)14-28/h3-9,11-12,18,20H,1-2,10,13-15H2,(H2,33,35)(H,34,36,40). The van der Waals surface area contributed by atoms with Gasteiger partial charge in [0.1, 0.15) is 28.7 Å². The van der Waals surface area contributed by atoms with Crippen LogP contribution in [0.4, 0.5) is 24.8 Å². The lowest BCUT2D eigenvalue weighted by Crippen LogP contribution is -2.41. The number of nitrogens with two attached hydrogens (primary N) is 1. The monoisotopic (exact) mass is 561 g/mol. The van der Waals surface area contributed by atoms with E-state index in [1.165, 1.54) is 0 Å². The molecular weight excluding hydrogens is 535 g/mol. The number of carbonyl (C=O) groups is 2. The number of nitrogens with zero attached hydrogens (tertiary/aromatic N) is 5. The average Bonchev–Trinajstić information content (AvgIpc) is 3.81. The molecule has 1 aromatic carbocycles. The fourth-order valence-corrected chi connectivity index (χ4v) is 5.96. The van der Waals surface area contributed by atoms with Crippen molar-refractivity contribution < 1.29 is 22.8 Å². The molecule has 4 aromatic rings. The number of likely N-dealkylation sites (tertiary alicyclic amines) is 1. The number of nitrogen functional groups attached to an aromatic ring is 1. The Balaban J connectivity index is 1.15. The maximum atomic E-state index is 13.1. The van der Waals surface area contributed by atoms with E-state index in [4.69, 9.17) is 10.7 Å². The highest BCUT2D eigenvalue weighted by Gasteiger charge is 2.75. The predicted octanol–water partition coefficient (Wildman–Crippen LogP) is 4.76. The number of fused-ring (bicyclic) bond motifs is 2. The van der Waals surface area contributed by atoms with Crippen molar-refractivity contribution in [1.82, 2.24) is 24.3 Å². The summed E-state index contributed by atoms with van der Waals surface area (Å²) in [6, 6.07) is 8.18. The van der Waals surface area contributed by atoms with Gasteiger partial charge in [0, 0.05) is 48.7 Å². The summed E-state index contributed by atoms with van der Waals surface area (Å²) in [4.78, 5) is 40.9. The van der Waals surface area contributed by atoms with Gasteiger partial charge in [-0.05, 0) is 55.9 Å². The molecule has 3 aromatic heterocycles. The lowest BCUT2D eigenvalue weighted by molar-refractivity contribution is -0.137. The van der Waals surface area contributed by atoms with E-state index in [0.717, 1.165) is 56.4 Å². The normalized spacial score (nSPS) is 23.2. The molecule has 3 aliphatic rings. The van der Waals surface area contributed by atoms with Crippen LogP contribution in [0.15, 0.2) is 55.0 Å². The number of benzene rings is 1. The second-order valence-corrected chi connectivity index (χ2v) is 11.2. The summed E-state index contributed by atoms with van der Waals surface area (Å²) in [5, 5.41) is 2.41. The molecular formula is C29H26F3N7O2. The molecule has 7 rings (SSSR count). The summed E-state index contributed by atoms with van der Waals surface area (Å²) in [5.41, 5.74) is 7.51. The molecule has 41 heavy (non-hydrogen) atoms. The Morgan fingerprint density at radius 1 is 1.07 bits per heavy atom. The molecule has 1 aliphatic heterocycles. The molecule has 2 aliphatic carbocycles. The van der Waals surface area contributed by atoms with Crippen molar-refractivity contribution in [2.45, 2.75) is 37.8 Å². The van der Waals surface area contributed by atoms with Crippen molar-refractivity contribution >= 4 is 29.0 Å². The van der Waals surface area contributed by atoms with Gasteiger partial charge >= 0.3 is 6.18 Å². The van der Waals surface area contributed by atoms with E-state index in [0.29, 0.717) is 35.1 Å². The summed E-state index contributed by atoms with van der Waals surface area (Å²) < 4.78 is 41.0. The summed E-state index contributed by atoms with van der Waals surface area (Å²) >= 11 is 0. The van der Waals surface area contributed by atoms with E-state index in [9.17, 15) is 22.8 Å². The largest absolute Gasteiger partial charge is 0.416 e. The molecule has 0 radical (unpaired) electrons. The Morgan fingerprint density at radius 2 is 1.83 bits per heavy atom. The number of carbonyl (C=O) groups excluding carboxylic acids is 2. The van der Waals surface area contributed by atoms with E-state index in [1.54, 1.807) is 30.5 Å². The van der Waals surface area contributed by atoms with Crippen LogP contribution in [0.25, 0.3) is 16.8 Å². The lowest BCUT2D eigenvalue weighted by Gasteiger charge is -2.33. The Labute approximate surface area is 232 Å². The highest BCUT2D eigenvalue weighted by atomic mass is 19.4. The number of alkyl halides is 3. The Morgan fingerprint density at radius 3 is 2.54 bits per heavy atom. The zero-order chi connectivity index (χ0) is 28.5. The number of rotatable bonds is 5. The van der Waals surface area contributed by atoms with Crippen molar-refractivity contribution in [3.63, 3.8) is 0 Å². The minimum atomic E-state index is -4.55. The van der Waals surface area contributed by atoms with E-state index in [-0.39, 0.29) is 28.6 Å². The van der Waals surface area contributed by atoms with Gasteiger partial charge in [-0.2, -0.15) is 13.2 Å². The highest BCUT2D eigenvalue weighted by Crippen LogP contribution is 2.76. The zero-order valence-electron chi connectivity index (χ0n) is 21.9. The maximum absolute atomic E-state index is 13.1. The van der Waals surface area contributed by atoms with Gasteiger partial charge in [0.25, 0.3) is 5.91 Å². The van der Waals surface area contributed by atoms with Crippen LogP contribution >= 0.6 is 0 Å². The first-order valence-electron chi connectivity index (χ1n) is 13.5. The minimum Gasteiger partial charge on any atom is -0.382 e. The number of nitrogens with one attached hydrogen (secondary N) is 1. The first-order valence-corrected chi connectivity index (χ1v) is 13.5. The van der Waals surface area contributed by atoms with E-state index in [2.05, 4.69) is 15.3 Å². The molecule has 3 fully saturated rings. The molecule has 9 nitrogen and oxygen atoms in total. The van der Waals surface area contributed by atoms with Crippen LogP contribution in [0.2, 0.25) is 0 Å². The van der Waals surface area contributed by atoms with Crippen molar-refractivity contribution in [3.8, 4) is 11.3 Å². The quantitative estimate of drug-likeness (QED) is 0.363. The molecule has 0 spiro atoms. The third-order valence-electron chi connectivity index (χ3n) is 8.54. The van der Waals surface area contributed by atoms with Crippen molar-refractivity contribution in [3.05, 3.63) is 71.9 Å². The Bertz CT molecular complexity index is 1690. The number of aromatic nitrogens is 4. The third-order valence-corrected chi connectivity index (χ3v) is 8.54. The maximum Gasteiger partial charge on any atom is 0.416 e. The van der Waals surface area contributed by atoms with Gasteiger partial charge in [-0.3, -0.25) is 14.0 Å². The minimum absolute atomic E-state index is 0.0353. The van der Waals surface area contributed by atoms with Gasteiger partial charge in [-0.15, -0.1) is 0 Å². The van der Waals surface area contributed by atoms with Crippen LogP contribution < -0.4 is 11.1 Å². The number of pyridine rings is 1. The smallest absolute Gasteiger partial charge is 0.382 e. The number of imidazole rings is 1. The van der Waals surface area contributed by atoms with Gasteiger partial charge in [-0.1, -0.05) is 12.1 Å². The van der Waals surface area contributed by atoms with Gasteiger partial charge < -0.3 is 16.0 Å². The molecule has 210 valence electrons. The summed E-state index contributed by atoms with van der Waals surface area (Å²) in [6.07, 6.45) is 3.73. The molecule has 2 amide bonds. The molecule has 0 bridgehead atoms. The van der Waals surface area contributed by atoms with Crippen LogP contribution in [-0.2, 0) is 11.0 Å². The number of piperidine rings is 1. The number of amides is 2. The van der Waals surface area contributed by atoms with Crippen LogP contribution in [-0.4, -0.2) is 49.2 Å². The summed E-state index contributed by atoms with van der Waals surface area (Å²) in [6.45, 7) is 1.37. The molecule has 1 atom stereocenters. The van der Waals surface area contributed by atoms with E-state index >= 15 is 0 Å². The molecule has 3 N–H and O–H groups in total. The lowest BCUT2D eigenvalue weighted by atomic mass is 9.96. The molecule has 12 heteroatoms. The fourth-order valence-electron chi connectivity index (χ4n) is 5.96. The Kier molecular flexibility index (Phi) is 5.60. The number of hydrogen-bond acceptors (Lipinski definition) is 6. The fraction of sp³-hybridized carbons (Fsp3) is 0.345. The van der Waals surface area contributed by atoms with Crippen LogP contribution in [0.5, 0.6) is 0 Å². The molecule has 1 unspecified atom stereocenters. The summed E-state index contributed by atoms with van der Waals surface area (Å²) in [5.74, 6) is 1.22. The van der Waals surface area contributed by atoms with Crippen LogP contribution in [0.3, 0.4) is 0 Å². The topological polar surface area (TPSA) is 119 Å². The molecule has 4 heterocycles. The van der Waals surface area contributed by atoms with Crippen molar-refractivity contribution in [2.75, 3.05) is 24.1 Å². The predicted molar refractivity (Wildman–Crippen MR) is 144 cm³/mol. The first kappa shape index (κ1) is 25.5. The van der Waals surface area contributed by atoms with Crippen molar-refractivity contribution in [1.29, 1.82) is 0 Å². The number of halogens is 3. The summed E-state index contributed by atoms with van der Waals surface area (Å²) in [7, 11) is 0. The van der Waals surface area contributed by atoms with Gasteiger partial charge in [0.2, 0.25) is 5.91 Å².